The van der Waals surface area contributed by atoms with Crippen molar-refractivity contribution in [2.45, 2.75) is 0 Å². The molecule has 3 aromatic carbocycles. The van der Waals surface area contributed by atoms with Crippen molar-refractivity contribution in [1.82, 2.24) is 15.0 Å². The quantitative estimate of drug-likeness (QED) is 0.263. The van der Waals surface area contributed by atoms with Crippen LogP contribution >= 0.6 is 0 Å². The Hall–Kier alpha value is -3.84. The van der Waals surface area contributed by atoms with Crippen LogP contribution in [0, 0.1) is 0 Å². The van der Waals surface area contributed by atoms with Gasteiger partial charge >= 0.3 is 206 Å². The molecule has 0 fully saturated rings. The summed E-state index contributed by atoms with van der Waals surface area (Å²) in [6.07, 6.45) is 5.26. The van der Waals surface area contributed by atoms with E-state index in [4.69, 9.17) is 8.56 Å². The number of para-hydroxylation sites is 3. The van der Waals surface area contributed by atoms with Crippen LogP contribution in [0.15, 0.2) is 110 Å². The predicted molar refractivity (Wildman–Crippen MR) is 133 cm³/mol. The Balaban J connectivity index is 1.42. The number of pyridine rings is 3. The van der Waals surface area contributed by atoms with E-state index in [1.54, 1.807) is 18.6 Å². The van der Waals surface area contributed by atoms with Gasteiger partial charge in [0.1, 0.15) is 0 Å². The first-order valence-electron chi connectivity index (χ1n) is 10.9. The van der Waals surface area contributed by atoms with Gasteiger partial charge in [-0.1, -0.05) is 0 Å². The molecule has 0 amide bonds. The van der Waals surface area contributed by atoms with E-state index in [0.717, 1.165) is 32.7 Å². The number of hydrogen-bond donors (Lipinski definition) is 0. The molecule has 3 heterocycles. The molecule has 6 nitrogen and oxygen atoms in total. The molecule has 7 heteroatoms. The third-order valence-corrected chi connectivity index (χ3v) is 9.28. The number of rotatable bonds is 6. The molecule has 0 radical (unpaired) electrons. The zero-order chi connectivity index (χ0) is 22.7. The Bertz CT molecular complexity index is 1420. The van der Waals surface area contributed by atoms with Crippen molar-refractivity contribution in [3.8, 4) is 17.2 Å². The van der Waals surface area contributed by atoms with E-state index < -0.39 is 22.7 Å². The van der Waals surface area contributed by atoms with Crippen LogP contribution in [0.5, 0.6) is 17.2 Å². The van der Waals surface area contributed by atoms with Crippen LogP contribution in [0.2, 0.25) is 0 Å². The molecule has 0 unspecified atom stereocenters. The second kappa shape index (κ2) is 9.19. The first-order chi connectivity index (χ1) is 16.8. The first kappa shape index (κ1) is 20.7. The summed E-state index contributed by atoms with van der Waals surface area (Å²) in [7, 11) is 0. The molecule has 0 spiro atoms. The Labute approximate surface area is 205 Å². The van der Waals surface area contributed by atoms with Gasteiger partial charge < -0.3 is 0 Å². The maximum atomic E-state index is 6.48. The van der Waals surface area contributed by atoms with Crippen LogP contribution in [0.25, 0.3) is 32.7 Å². The van der Waals surface area contributed by atoms with Gasteiger partial charge in [0, 0.05) is 0 Å². The normalized spacial score (nSPS) is 10.9. The molecule has 0 aliphatic carbocycles. The van der Waals surface area contributed by atoms with Crippen molar-refractivity contribution in [3.63, 3.8) is 0 Å². The number of hydrogen-bond acceptors (Lipinski definition) is 6. The van der Waals surface area contributed by atoms with Crippen LogP contribution in [-0.2, 0) is 0 Å². The van der Waals surface area contributed by atoms with Gasteiger partial charge in [-0.05, 0) is 0 Å². The van der Waals surface area contributed by atoms with Gasteiger partial charge in [0.2, 0.25) is 0 Å². The van der Waals surface area contributed by atoms with Crippen LogP contribution in [-0.4, -0.2) is 37.7 Å². The zero-order valence-electron chi connectivity index (χ0n) is 18.0. The van der Waals surface area contributed by atoms with Crippen LogP contribution in [0.3, 0.4) is 0 Å². The van der Waals surface area contributed by atoms with Crippen molar-refractivity contribution >= 4 is 55.5 Å². The van der Waals surface area contributed by atoms with Crippen LogP contribution < -0.4 is 8.56 Å². The SMILES string of the molecule is c1cnc2c([O][111In]([O]c3cccc4cccnc34)[O]c3cccc4cccnc34)cccc2c1. The fraction of sp³-hybridized carbons (Fsp3) is 0. The Morgan fingerprint density at radius 3 is 1.09 bits per heavy atom. The van der Waals surface area contributed by atoms with Gasteiger partial charge in [-0.25, -0.2) is 0 Å². The predicted octanol–water partition coefficient (Wildman–Crippen LogP) is 5.85. The molecule has 162 valence electrons. The van der Waals surface area contributed by atoms with Gasteiger partial charge in [-0.3, -0.25) is 0 Å². The second-order valence-corrected chi connectivity index (χ2v) is 11.3. The molecule has 3 aromatic heterocycles. The van der Waals surface area contributed by atoms with Gasteiger partial charge in [-0.15, -0.1) is 0 Å². The van der Waals surface area contributed by atoms with Crippen molar-refractivity contribution in [2.75, 3.05) is 0 Å². The van der Waals surface area contributed by atoms with Crippen molar-refractivity contribution in [1.29, 1.82) is 0 Å². The van der Waals surface area contributed by atoms with E-state index in [9.17, 15) is 0 Å². The maximum absolute atomic E-state index is 6.48. The van der Waals surface area contributed by atoms with E-state index in [2.05, 4.69) is 15.0 Å². The molecule has 6 aromatic rings. The summed E-state index contributed by atoms with van der Waals surface area (Å²) in [4.78, 5) is 13.6. The molecular formula is C27H18InN3O3. The fourth-order valence-electron chi connectivity index (χ4n) is 3.90. The fourth-order valence-corrected chi connectivity index (χ4v) is 7.71. The third kappa shape index (κ3) is 4.10. The van der Waals surface area contributed by atoms with E-state index >= 15 is 0 Å². The molecular weight excluding hydrogens is 525 g/mol. The minimum atomic E-state index is -3.75. The number of nitrogens with zero attached hydrogens (tertiary/aromatic N) is 3. The molecule has 34 heavy (non-hydrogen) atoms. The average molecular weight is 543 g/mol. The zero-order valence-corrected chi connectivity index (χ0v) is 21.3. The monoisotopic (exact) mass is 543 g/mol. The molecule has 6 rings (SSSR count). The van der Waals surface area contributed by atoms with Crippen molar-refractivity contribution in [3.05, 3.63) is 110 Å². The number of fused-ring (bicyclic) bond motifs is 3. The van der Waals surface area contributed by atoms with Crippen molar-refractivity contribution in [2.24, 2.45) is 0 Å². The number of benzene rings is 3. The molecule has 0 atom stereocenters. The summed E-state index contributed by atoms with van der Waals surface area (Å²) >= 11 is -3.75. The summed E-state index contributed by atoms with van der Waals surface area (Å²) in [5, 5.41) is 2.97. The molecule has 0 aliphatic heterocycles. The molecule has 0 aliphatic rings. The van der Waals surface area contributed by atoms with Gasteiger partial charge in [0.05, 0.1) is 0 Å². The van der Waals surface area contributed by atoms with Gasteiger partial charge in [-0.2, -0.15) is 0 Å². The van der Waals surface area contributed by atoms with Gasteiger partial charge in [0.25, 0.3) is 0 Å². The minimum absolute atomic E-state index is 0.639. The third-order valence-electron chi connectivity index (χ3n) is 5.46. The summed E-state index contributed by atoms with van der Waals surface area (Å²) in [5.41, 5.74) is 2.31. The molecule has 0 saturated carbocycles. The van der Waals surface area contributed by atoms with E-state index in [1.165, 1.54) is 0 Å². The van der Waals surface area contributed by atoms with Crippen LogP contribution in [0.4, 0.5) is 0 Å². The summed E-state index contributed by atoms with van der Waals surface area (Å²) < 4.78 is 19.4. The van der Waals surface area contributed by atoms with E-state index in [0.29, 0.717) is 17.2 Å². The summed E-state index contributed by atoms with van der Waals surface area (Å²) in [5.74, 6) is 1.92. The molecule has 0 bridgehead atoms. The average Bonchev–Trinajstić information content (AvgIpc) is 2.89. The Morgan fingerprint density at radius 1 is 0.412 bits per heavy atom. The summed E-state index contributed by atoms with van der Waals surface area (Å²) in [6.45, 7) is 0. The Morgan fingerprint density at radius 2 is 0.735 bits per heavy atom. The number of aromatic nitrogens is 3. The molecule has 0 saturated heterocycles. The van der Waals surface area contributed by atoms with Crippen molar-refractivity contribution < 1.29 is 8.56 Å². The Kier molecular flexibility index (Phi) is 5.61. The second-order valence-electron chi connectivity index (χ2n) is 7.64. The topological polar surface area (TPSA) is 66.4 Å². The standard InChI is InChI=1S/3C9H7NO.In/c3*11-8-5-1-3-7-4-2-6-10-9(7)8;/h3*1-6,11H;/q;;;+3/p-3/i;;;1-4. The van der Waals surface area contributed by atoms with E-state index in [-0.39, 0.29) is 0 Å². The van der Waals surface area contributed by atoms with Crippen LogP contribution in [0.1, 0.15) is 0 Å². The first-order valence-corrected chi connectivity index (χ1v) is 14.9. The molecule has 0 N–H and O–H groups in total. The van der Waals surface area contributed by atoms with Gasteiger partial charge in [0.15, 0.2) is 0 Å². The summed E-state index contributed by atoms with van der Waals surface area (Å²) in [6, 6.07) is 29.3. The van der Waals surface area contributed by atoms with E-state index in [1.807, 2.05) is 91.0 Å².